The number of hydrogen-bond donors (Lipinski definition) is 1. The molecule has 0 radical (unpaired) electrons. The van der Waals surface area contributed by atoms with Gasteiger partial charge >= 0.3 is 0 Å². The Balaban J connectivity index is 1.88. The minimum Gasteiger partial charge on any atom is -0.496 e. The summed E-state index contributed by atoms with van der Waals surface area (Å²) in [6, 6.07) is 10.5. The van der Waals surface area contributed by atoms with Gasteiger partial charge in [0.2, 0.25) is 0 Å². The van der Waals surface area contributed by atoms with E-state index in [0.717, 1.165) is 18.8 Å². The van der Waals surface area contributed by atoms with E-state index in [1.807, 2.05) is 6.07 Å². The highest BCUT2D eigenvalue weighted by atomic mass is 79.9. The molecule has 0 amide bonds. The average molecular weight is 326 g/mol. The minimum atomic E-state index is 0.875. The first kappa shape index (κ1) is 13.6. The van der Waals surface area contributed by atoms with Crippen molar-refractivity contribution in [1.29, 1.82) is 0 Å². The summed E-state index contributed by atoms with van der Waals surface area (Å²) in [6.07, 6.45) is 0. The molecular formula is C14H16BrNOS. The van der Waals surface area contributed by atoms with Gasteiger partial charge in [-0.2, -0.15) is 0 Å². The molecule has 1 aromatic carbocycles. The van der Waals surface area contributed by atoms with Crippen LogP contribution in [0.2, 0.25) is 0 Å². The summed E-state index contributed by atoms with van der Waals surface area (Å²) in [6.45, 7) is 3.85. The zero-order valence-electron chi connectivity index (χ0n) is 10.5. The van der Waals surface area contributed by atoms with Crippen LogP contribution in [-0.4, -0.2) is 7.11 Å². The maximum absolute atomic E-state index is 5.25. The lowest BCUT2D eigenvalue weighted by atomic mass is 10.1. The summed E-state index contributed by atoms with van der Waals surface area (Å²) >= 11 is 5.24. The Bertz CT molecular complexity index is 524. The summed E-state index contributed by atoms with van der Waals surface area (Å²) in [4.78, 5) is 1.34. The highest BCUT2D eigenvalue weighted by molar-refractivity contribution is 9.11. The van der Waals surface area contributed by atoms with Gasteiger partial charge in [-0.3, -0.25) is 0 Å². The lowest BCUT2D eigenvalue weighted by molar-refractivity contribution is 0.411. The van der Waals surface area contributed by atoms with Crippen LogP contribution in [0.3, 0.4) is 0 Å². The maximum atomic E-state index is 5.25. The number of nitrogens with one attached hydrogen (secondary N) is 1. The second-order valence-corrected chi connectivity index (χ2v) is 6.66. The first-order valence-electron chi connectivity index (χ1n) is 5.77. The first-order chi connectivity index (χ1) is 8.69. The Morgan fingerprint density at radius 2 is 2.06 bits per heavy atom. The van der Waals surface area contributed by atoms with Crippen molar-refractivity contribution in [2.45, 2.75) is 20.0 Å². The van der Waals surface area contributed by atoms with E-state index in [9.17, 15) is 0 Å². The average Bonchev–Trinajstić information content (AvgIpc) is 2.75. The number of benzene rings is 1. The quantitative estimate of drug-likeness (QED) is 0.892. The van der Waals surface area contributed by atoms with Crippen molar-refractivity contribution in [3.8, 4) is 5.75 Å². The van der Waals surface area contributed by atoms with Crippen LogP contribution >= 0.6 is 27.3 Å². The fourth-order valence-electron chi connectivity index (χ4n) is 1.83. The molecule has 0 aliphatic rings. The van der Waals surface area contributed by atoms with E-state index >= 15 is 0 Å². The Morgan fingerprint density at radius 3 is 2.67 bits per heavy atom. The number of halogens is 1. The van der Waals surface area contributed by atoms with Crippen LogP contribution in [0.5, 0.6) is 5.75 Å². The Morgan fingerprint density at radius 1 is 1.22 bits per heavy atom. The largest absolute Gasteiger partial charge is 0.496 e. The van der Waals surface area contributed by atoms with Crippen molar-refractivity contribution in [2.24, 2.45) is 0 Å². The molecule has 4 heteroatoms. The lowest BCUT2D eigenvalue weighted by Crippen LogP contribution is -2.11. The number of methoxy groups -OCH3 is 1. The topological polar surface area (TPSA) is 21.3 Å². The van der Waals surface area contributed by atoms with E-state index in [1.165, 1.54) is 19.8 Å². The second kappa shape index (κ2) is 6.36. The monoisotopic (exact) mass is 325 g/mol. The fraction of sp³-hybridized carbons (Fsp3) is 0.286. The van der Waals surface area contributed by atoms with Crippen molar-refractivity contribution in [2.75, 3.05) is 7.11 Å². The van der Waals surface area contributed by atoms with Crippen LogP contribution in [-0.2, 0) is 13.1 Å². The standard InChI is InChI=1S/C14H16BrNOS/c1-10-7-11(3-5-13(10)17-2)8-16-9-12-4-6-14(15)18-12/h3-7,16H,8-9H2,1-2H3. The summed E-state index contributed by atoms with van der Waals surface area (Å²) in [5.74, 6) is 0.945. The summed E-state index contributed by atoms with van der Waals surface area (Å²) in [5, 5.41) is 3.44. The minimum absolute atomic E-state index is 0.875. The Labute approximate surface area is 120 Å². The maximum Gasteiger partial charge on any atom is 0.121 e. The third-order valence-electron chi connectivity index (χ3n) is 2.72. The molecule has 0 unspecified atom stereocenters. The molecule has 18 heavy (non-hydrogen) atoms. The zero-order valence-corrected chi connectivity index (χ0v) is 12.9. The highest BCUT2D eigenvalue weighted by Gasteiger charge is 2.01. The van der Waals surface area contributed by atoms with Gasteiger partial charge in [0.15, 0.2) is 0 Å². The van der Waals surface area contributed by atoms with Crippen molar-refractivity contribution in [1.82, 2.24) is 5.32 Å². The molecule has 1 aromatic heterocycles. The highest BCUT2D eigenvalue weighted by Crippen LogP contribution is 2.22. The van der Waals surface area contributed by atoms with Gasteiger partial charge in [0.1, 0.15) is 5.75 Å². The van der Waals surface area contributed by atoms with E-state index in [2.05, 4.69) is 52.4 Å². The summed E-state index contributed by atoms with van der Waals surface area (Å²) in [5.41, 5.74) is 2.46. The summed E-state index contributed by atoms with van der Waals surface area (Å²) in [7, 11) is 1.70. The van der Waals surface area contributed by atoms with Crippen molar-refractivity contribution in [3.05, 3.63) is 50.1 Å². The third-order valence-corrected chi connectivity index (χ3v) is 4.34. The van der Waals surface area contributed by atoms with E-state index in [4.69, 9.17) is 4.74 Å². The summed E-state index contributed by atoms with van der Waals surface area (Å²) < 4.78 is 6.43. The molecule has 0 saturated heterocycles. The molecular weight excluding hydrogens is 310 g/mol. The van der Waals surface area contributed by atoms with Crippen LogP contribution in [0.15, 0.2) is 34.1 Å². The molecule has 2 aromatic rings. The van der Waals surface area contributed by atoms with E-state index in [-0.39, 0.29) is 0 Å². The van der Waals surface area contributed by atoms with E-state index in [1.54, 1.807) is 18.4 Å². The van der Waals surface area contributed by atoms with Crippen LogP contribution in [0.1, 0.15) is 16.0 Å². The Kier molecular flexibility index (Phi) is 4.80. The van der Waals surface area contributed by atoms with Crippen LogP contribution < -0.4 is 10.1 Å². The Hall–Kier alpha value is -0.840. The lowest BCUT2D eigenvalue weighted by Gasteiger charge is -2.08. The van der Waals surface area contributed by atoms with Gasteiger partial charge in [0.25, 0.3) is 0 Å². The normalized spacial score (nSPS) is 10.6. The zero-order chi connectivity index (χ0) is 13.0. The van der Waals surface area contributed by atoms with Crippen LogP contribution in [0.4, 0.5) is 0 Å². The molecule has 0 aliphatic heterocycles. The van der Waals surface area contributed by atoms with Crippen molar-refractivity contribution < 1.29 is 4.74 Å². The van der Waals surface area contributed by atoms with E-state index in [0.29, 0.717) is 0 Å². The van der Waals surface area contributed by atoms with Crippen molar-refractivity contribution in [3.63, 3.8) is 0 Å². The third kappa shape index (κ3) is 3.57. The number of thiophene rings is 1. The van der Waals surface area contributed by atoms with E-state index < -0.39 is 0 Å². The molecule has 1 N–H and O–H groups in total. The molecule has 2 nitrogen and oxygen atoms in total. The number of hydrogen-bond acceptors (Lipinski definition) is 3. The molecule has 0 aliphatic carbocycles. The van der Waals surface area contributed by atoms with Crippen LogP contribution in [0, 0.1) is 6.92 Å². The molecule has 0 atom stereocenters. The predicted molar refractivity (Wildman–Crippen MR) is 80.3 cm³/mol. The van der Waals surface area contributed by atoms with Gasteiger partial charge in [0, 0.05) is 18.0 Å². The van der Waals surface area contributed by atoms with Gasteiger partial charge in [-0.05, 0) is 52.2 Å². The number of rotatable bonds is 5. The smallest absolute Gasteiger partial charge is 0.121 e. The number of ether oxygens (including phenoxy) is 1. The van der Waals surface area contributed by atoms with Gasteiger partial charge in [0.05, 0.1) is 10.9 Å². The predicted octanol–water partition coefficient (Wildman–Crippen LogP) is 4.12. The van der Waals surface area contributed by atoms with Crippen molar-refractivity contribution >= 4 is 27.3 Å². The molecule has 96 valence electrons. The molecule has 1 heterocycles. The SMILES string of the molecule is COc1ccc(CNCc2ccc(Br)s2)cc1C. The van der Waals surface area contributed by atoms with Gasteiger partial charge < -0.3 is 10.1 Å². The molecule has 2 rings (SSSR count). The van der Waals surface area contributed by atoms with Gasteiger partial charge in [-0.1, -0.05) is 12.1 Å². The number of aryl methyl sites for hydroxylation is 1. The second-order valence-electron chi connectivity index (χ2n) is 4.11. The van der Waals surface area contributed by atoms with Gasteiger partial charge in [-0.15, -0.1) is 11.3 Å². The molecule has 0 spiro atoms. The molecule has 0 saturated carbocycles. The molecule has 0 fully saturated rings. The van der Waals surface area contributed by atoms with Gasteiger partial charge in [-0.25, -0.2) is 0 Å². The fourth-order valence-corrected chi connectivity index (χ4v) is 3.28. The molecule has 0 bridgehead atoms. The van der Waals surface area contributed by atoms with Crippen LogP contribution in [0.25, 0.3) is 0 Å². The first-order valence-corrected chi connectivity index (χ1v) is 7.38.